The van der Waals surface area contributed by atoms with Crippen molar-refractivity contribution >= 4 is 68.8 Å². The Kier molecular flexibility index (Phi) is 18.9. The van der Waals surface area contributed by atoms with Crippen molar-refractivity contribution in [2.45, 2.75) is 115 Å². The van der Waals surface area contributed by atoms with E-state index in [4.69, 9.17) is 28.7 Å². The first-order valence-electron chi connectivity index (χ1n) is 18.0. The smallest absolute Gasteiger partial charge is 0.325 e. The minimum Gasteiger partial charge on any atom is -0.462 e. The molecule has 1 aromatic rings. The van der Waals surface area contributed by atoms with E-state index in [-0.39, 0.29) is 63.9 Å². The van der Waals surface area contributed by atoms with E-state index < -0.39 is 50.1 Å². The summed E-state index contributed by atoms with van der Waals surface area (Å²) in [5.74, 6) is -0.869. The second kappa shape index (κ2) is 22.0. The van der Waals surface area contributed by atoms with E-state index in [2.05, 4.69) is 42.5 Å². The SMILES string of the molecule is CC(CCNC(=O)CCCCCN1C(=O)C(Br)=C(Br)C1=O)OCCC(C)(C)OCCC(=O)Nc1ccc(O[C@H]2O[C@H](CCP(=O)(O)O)[C@@H](O)[C@H](O)[C@@H]2O)cc1. The Morgan fingerprint density at radius 2 is 1.60 bits per heavy atom. The number of nitrogens with zero attached hydrogens (tertiary/aromatic N) is 1. The Bertz CT molecular complexity index is 1520. The molecule has 1 fully saturated rings. The fourth-order valence-corrected chi connectivity index (χ4v) is 6.92. The van der Waals surface area contributed by atoms with Gasteiger partial charge in [-0.15, -0.1) is 0 Å². The molecule has 55 heavy (non-hydrogen) atoms. The summed E-state index contributed by atoms with van der Waals surface area (Å²) < 4.78 is 34.6. The lowest BCUT2D eigenvalue weighted by molar-refractivity contribution is -0.272. The van der Waals surface area contributed by atoms with E-state index >= 15 is 0 Å². The molecule has 0 aromatic heterocycles. The summed E-state index contributed by atoms with van der Waals surface area (Å²) in [5, 5.41) is 36.3. The number of aliphatic hydroxyl groups excluding tert-OH is 3. The number of anilines is 1. The molecule has 3 rings (SSSR count). The Hall–Kier alpha value is -2.29. The number of unbranched alkanes of at least 4 members (excludes halogenated alkanes) is 2. The summed E-state index contributed by atoms with van der Waals surface area (Å²) in [5.41, 5.74) is -0.100. The Labute approximate surface area is 336 Å². The van der Waals surface area contributed by atoms with Crippen molar-refractivity contribution in [1.29, 1.82) is 0 Å². The maximum Gasteiger partial charge on any atom is 0.325 e. The minimum absolute atomic E-state index is 0.0679. The number of ether oxygens (including phenoxy) is 4. The van der Waals surface area contributed by atoms with Crippen LogP contribution in [0.1, 0.15) is 72.1 Å². The van der Waals surface area contributed by atoms with E-state index in [0.717, 1.165) is 0 Å². The van der Waals surface area contributed by atoms with Gasteiger partial charge in [-0.1, -0.05) is 6.42 Å². The molecule has 20 heteroatoms. The molecule has 4 amide bonds. The molecule has 1 unspecified atom stereocenters. The first-order chi connectivity index (χ1) is 25.8. The van der Waals surface area contributed by atoms with Crippen molar-refractivity contribution in [2.75, 3.05) is 37.8 Å². The monoisotopic (exact) mass is 927 g/mol. The van der Waals surface area contributed by atoms with Gasteiger partial charge in [0, 0.05) is 31.8 Å². The van der Waals surface area contributed by atoms with E-state index in [9.17, 15) is 39.1 Å². The fraction of sp³-hybridized carbons (Fsp3) is 0.657. The molecule has 1 saturated heterocycles. The lowest BCUT2D eigenvalue weighted by Gasteiger charge is -2.40. The lowest BCUT2D eigenvalue weighted by atomic mass is 9.97. The van der Waals surface area contributed by atoms with Crippen LogP contribution in [0.4, 0.5) is 5.69 Å². The van der Waals surface area contributed by atoms with Crippen molar-refractivity contribution in [2.24, 2.45) is 0 Å². The van der Waals surface area contributed by atoms with Gasteiger partial charge >= 0.3 is 7.60 Å². The first-order valence-corrected chi connectivity index (χ1v) is 21.4. The highest BCUT2D eigenvalue weighted by Gasteiger charge is 2.45. The zero-order valence-corrected chi connectivity index (χ0v) is 35.1. The molecule has 17 nitrogen and oxygen atoms in total. The number of imide groups is 1. The van der Waals surface area contributed by atoms with Gasteiger partial charge in [0.25, 0.3) is 11.8 Å². The zero-order chi connectivity index (χ0) is 40.9. The first kappa shape index (κ1) is 47.1. The van der Waals surface area contributed by atoms with Gasteiger partial charge in [-0.2, -0.15) is 0 Å². The Morgan fingerprint density at radius 1 is 0.945 bits per heavy atom. The predicted molar refractivity (Wildman–Crippen MR) is 206 cm³/mol. The van der Waals surface area contributed by atoms with E-state index in [1.807, 2.05) is 20.8 Å². The van der Waals surface area contributed by atoms with Crippen LogP contribution in [0.2, 0.25) is 0 Å². The van der Waals surface area contributed by atoms with Gasteiger partial charge in [0.2, 0.25) is 18.1 Å². The maximum atomic E-state index is 12.5. The van der Waals surface area contributed by atoms with Crippen molar-refractivity contribution in [1.82, 2.24) is 10.2 Å². The summed E-state index contributed by atoms with van der Waals surface area (Å²) in [7, 11) is -4.38. The maximum absolute atomic E-state index is 12.5. The summed E-state index contributed by atoms with van der Waals surface area (Å²) in [4.78, 5) is 68.3. The van der Waals surface area contributed by atoms with E-state index in [0.29, 0.717) is 63.9 Å². The number of halogens is 2. The third-order valence-corrected chi connectivity index (χ3v) is 11.8. The summed E-state index contributed by atoms with van der Waals surface area (Å²) in [6.45, 7) is 7.08. The standard InChI is InChI=1S/C35H52Br2N3O14P/c1-21(12-16-38-25(41)7-5-4-6-17-40-32(46)27(36)28(37)33(40)47)51-19-15-35(2,3)52-18-13-26(42)39-22-8-10-23(11-9-22)53-34-31(45)30(44)29(43)24(54-34)14-20-55(48,49)50/h8-11,21,24,29-31,34,43-45H,4-7,12-20H2,1-3H3,(H,38,41)(H,39,42)(H2,48,49,50)/t21?,24-,29-,30+,31+,34+/m1/s1. The molecule has 0 aliphatic carbocycles. The number of benzene rings is 1. The number of rotatable bonds is 23. The largest absolute Gasteiger partial charge is 0.462 e. The highest BCUT2D eigenvalue weighted by atomic mass is 79.9. The van der Waals surface area contributed by atoms with Gasteiger partial charge in [-0.3, -0.25) is 28.6 Å². The van der Waals surface area contributed by atoms with Crippen LogP contribution < -0.4 is 15.4 Å². The van der Waals surface area contributed by atoms with Crippen molar-refractivity contribution in [3.05, 3.63) is 33.2 Å². The molecule has 0 saturated carbocycles. The van der Waals surface area contributed by atoms with Crippen LogP contribution in [0.5, 0.6) is 5.75 Å². The summed E-state index contributed by atoms with van der Waals surface area (Å²) in [6, 6.07) is 6.10. The molecule has 310 valence electrons. The topological polar surface area (TPSA) is 251 Å². The summed E-state index contributed by atoms with van der Waals surface area (Å²) >= 11 is 6.21. The molecule has 1 aromatic carbocycles. The van der Waals surface area contributed by atoms with Crippen LogP contribution in [0, 0.1) is 0 Å². The molecule has 2 aliphatic heterocycles. The van der Waals surface area contributed by atoms with Gasteiger partial charge in [-0.25, -0.2) is 0 Å². The highest BCUT2D eigenvalue weighted by molar-refractivity contribution is 9.14. The lowest BCUT2D eigenvalue weighted by Crippen LogP contribution is -2.59. The van der Waals surface area contributed by atoms with Crippen LogP contribution in [0.15, 0.2) is 33.2 Å². The average molecular weight is 930 g/mol. The number of amides is 4. The van der Waals surface area contributed by atoms with Crippen LogP contribution in [0.3, 0.4) is 0 Å². The third kappa shape index (κ3) is 15.9. The molecule has 0 radical (unpaired) electrons. The fourth-order valence-electron chi connectivity index (χ4n) is 5.56. The Morgan fingerprint density at radius 3 is 2.24 bits per heavy atom. The number of nitrogens with one attached hydrogen (secondary N) is 2. The highest BCUT2D eigenvalue weighted by Crippen LogP contribution is 2.37. The predicted octanol–water partition coefficient (Wildman–Crippen LogP) is 2.80. The molecular formula is C35H52Br2N3O14P. The third-order valence-electron chi connectivity index (χ3n) is 8.91. The average Bonchev–Trinajstić information content (AvgIpc) is 3.29. The molecule has 7 N–H and O–H groups in total. The number of hydrogen-bond donors (Lipinski definition) is 7. The van der Waals surface area contributed by atoms with Gasteiger partial charge < -0.3 is 54.7 Å². The molecule has 2 heterocycles. The number of aliphatic hydroxyl groups is 3. The van der Waals surface area contributed by atoms with Crippen molar-refractivity contribution in [3.63, 3.8) is 0 Å². The quantitative estimate of drug-likeness (QED) is 0.0474. The van der Waals surface area contributed by atoms with Gasteiger partial charge in [-0.05, 0) is 109 Å². The normalized spacial score (nSPS) is 22.6. The molecule has 6 atom stereocenters. The van der Waals surface area contributed by atoms with E-state index in [1.165, 1.54) is 17.0 Å². The van der Waals surface area contributed by atoms with Crippen LogP contribution in [-0.2, 0) is 38.0 Å². The zero-order valence-electron chi connectivity index (χ0n) is 31.0. The van der Waals surface area contributed by atoms with Gasteiger partial charge in [0.05, 0.1) is 37.0 Å². The van der Waals surface area contributed by atoms with Crippen molar-refractivity contribution < 1.29 is 67.8 Å². The molecule has 2 aliphatic rings. The van der Waals surface area contributed by atoms with Crippen LogP contribution in [0.25, 0.3) is 0 Å². The number of hydrogen-bond acceptors (Lipinski definition) is 12. The number of carbonyl (C=O) groups excluding carboxylic acids is 4. The second-order valence-electron chi connectivity index (χ2n) is 14.0. The molecular weight excluding hydrogens is 877 g/mol. The van der Waals surface area contributed by atoms with Gasteiger partial charge in [0.15, 0.2) is 0 Å². The second-order valence-corrected chi connectivity index (χ2v) is 17.4. The van der Waals surface area contributed by atoms with Gasteiger partial charge in [0.1, 0.15) is 33.0 Å². The van der Waals surface area contributed by atoms with Crippen LogP contribution >= 0.6 is 39.5 Å². The Balaban J connectivity index is 1.25. The molecule has 0 spiro atoms. The van der Waals surface area contributed by atoms with Crippen molar-refractivity contribution in [3.8, 4) is 5.75 Å². The van der Waals surface area contributed by atoms with Crippen LogP contribution in [-0.4, -0.2) is 129 Å². The van der Waals surface area contributed by atoms with E-state index in [1.54, 1.807) is 12.1 Å². The number of carbonyl (C=O) groups is 4. The molecule has 0 bridgehead atoms. The summed E-state index contributed by atoms with van der Waals surface area (Å²) in [6.07, 6.45) is -4.82. The minimum atomic E-state index is -4.38.